The highest BCUT2D eigenvalue weighted by Gasteiger charge is 2.42. The maximum absolute atomic E-state index is 11.8. The molecular formula is C16H26N2O8. The largest absolute Gasteiger partial charge is 0.505 e. The van der Waals surface area contributed by atoms with Gasteiger partial charge in [0.1, 0.15) is 6.61 Å². The number of hydrogen-bond acceptors (Lipinski definition) is 8. The van der Waals surface area contributed by atoms with Gasteiger partial charge in [-0.2, -0.15) is 0 Å². The molecule has 2 amide bonds. The highest BCUT2D eigenvalue weighted by molar-refractivity contribution is 5.89. The molecule has 4 N–H and O–H groups in total. The van der Waals surface area contributed by atoms with Gasteiger partial charge >= 0.3 is 18.2 Å². The van der Waals surface area contributed by atoms with Gasteiger partial charge in [-0.1, -0.05) is 26.7 Å². The van der Waals surface area contributed by atoms with Gasteiger partial charge in [-0.3, -0.25) is 0 Å². The molecule has 0 aromatic carbocycles. The first-order valence-electron chi connectivity index (χ1n) is 8.58. The molecule has 1 aliphatic heterocycles. The van der Waals surface area contributed by atoms with Crippen LogP contribution < -0.4 is 10.6 Å². The van der Waals surface area contributed by atoms with Crippen LogP contribution in [0.2, 0.25) is 0 Å². The lowest BCUT2D eigenvalue weighted by Crippen LogP contribution is -2.41. The van der Waals surface area contributed by atoms with Crippen LogP contribution in [-0.2, 0) is 19.0 Å². The number of carbonyl (C=O) groups excluding carboxylic acids is 3. The lowest BCUT2D eigenvalue weighted by atomic mass is 10.2. The zero-order valence-corrected chi connectivity index (χ0v) is 14.9. The third-order valence-electron chi connectivity index (χ3n) is 3.51. The number of rotatable bonds is 10. The average molecular weight is 374 g/mol. The van der Waals surface area contributed by atoms with E-state index in [1.165, 1.54) is 0 Å². The predicted octanol–water partition coefficient (Wildman–Crippen LogP) is 1.66. The summed E-state index contributed by atoms with van der Waals surface area (Å²) in [5.41, 5.74) is 0. The molecule has 2 unspecified atom stereocenters. The van der Waals surface area contributed by atoms with E-state index in [-0.39, 0.29) is 0 Å². The van der Waals surface area contributed by atoms with Gasteiger partial charge < -0.3 is 35.1 Å². The molecule has 26 heavy (non-hydrogen) atoms. The van der Waals surface area contributed by atoms with Crippen molar-refractivity contribution < 1.29 is 38.8 Å². The Labute approximate surface area is 151 Å². The van der Waals surface area contributed by atoms with Crippen LogP contribution >= 0.6 is 0 Å². The van der Waals surface area contributed by atoms with Crippen molar-refractivity contribution in [2.24, 2.45) is 0 Å². The van der Waals surface area contributed by atoms with Crippen LogP contribution in [0.25, 0.3) is 0 Å². The summed E-state index contributed by atoms with van der Waals surface area (Å²) >= 11 is 0. The SMILES string of the molecule is CCCCNC(=O)OCC(OC(=O)NCCCC)C1OC(=O)C(O)=C1O. The monoisotopic (exact) mass is 374 g/mol. The number of aliphatic hydroxyl groups excluding tert-OH is 2. The molecule has 0 fully saturated rings. The van der Waals surface area contributed by atoms with Gasteiger partial charge in [0.2, 0.25) is 11.9 Å². The molecule has 10 heteroatoms. The fourth-order valence-corrected chi connectivity index (χ4v) is 2.02. The van der Waals surface area contributed by atoms with E-state index in [9.17, 15) is 24.6 Å². The fraction of sp³-hybridized carbons (Fsp3) is 0.688. The van der Waals surface area contributed by atoms with Gasteiger partial charge in [-0.15, -0.1) is 0 Å². The molecule has 0 aromatic rings. The number of hydrogen-bond donors (Lipinski definition) is 4. The normalized spacial score (nSPS) is 17.5. The number of cyclic esters (lactones) is 1. The van der Waals surface area contributed by atoms with Crippen LogP contribution in [-0.4, -0.2) is 60.3 Å². The number of amides is 2. The van der Waals surface area contributed by atoms with Gasteiger partial charge in [0.15, 0.2) is 11.9 Å². The summed E-state index contributed by atoms with van der Waals surface area (Å²) in [6.07, 6.45) is -1.08. The van der Waals surface area contributed by atoms with E-state index in [0.717, 1.165) is 25.7 Å². The Morgan fingerprint density at radius 2 is 1.69 bits per heavy atom. The first-order valence-corrected chi connectivity index (χ1v) is 8.58. The fourth-order valence-electron chi connectivity index (χ4n) is 2.02. The Morgan fingerprint density at radius 3 is 2.19 bits per heavy atom. The van der Waals surface area contributed by atoms with E-state index >= 15 is 0 Å². The summed E-state index contributed by atoms with van der Waals surface area (Å²) in [7, 11) is 0. The Balaban J connectivity index is 2.65. The molecule has 1 heterocycles. The van der Waals surface area contributed by atoms with Crippen LogP contribution in [0, 0.1) is 0 Å². The van der Waals surface area contributed by atoms with Crippen LogP contribution in [0.5, 0.6) is 0 Å². The molecule has 1 rings (SSSR count). The molecule has 0 aromatic heterocycles. The smallest absolute Gasteiger partial charge is 0.407 e. The number of esters is 1. The van der Waals surface area contributed by atoms with E-state index < -0.39 is 48.5 Å². The minimum Gasteiger partial charge on any atom is -0.505 e. The zero-order valence-electron chi connectivity index (χ0n) is 14.9. The van der Waals surface area contributed by atoms with Crippen molar-refractivity contribution in [2.45, 2.75) is 51.7 Å². The average Bonchev–Trinajstić information content (AvgIpc) is 2.86. The van der Waals surface area contributed by atoms with Crippen molar-refractivity contribution >= 4 is 18.2 Å². The van der Waals surface area contributed by atoms with Crippen molar-refractivity contribution in [3.05, 3.63) is 11.5 Å². The summed E-state index contributed by atoms with van der Waals surface area (Å²) in [4.78, 5) is 34.8. The maximum atomic E-state index is 11.8. The van der Waals surface area contributed by atoms with Crippen molar-refractivity contribution in [1.82, 2.24) is 10.6 Å². The van der Waals surface area contributed by atoms with Crippen molar-refractivity contribution in [3.8, 4) is 0 Å². The highest BCUT2D eigenvalue weighted by Crippen LogP contribution is 2.23. The lowest BCUT2D eigenvalue weighted by Gasteiger charge is -2.22. The van der Waals surface area contributed by atoms with E-state index in [4.69, 9.17) is 14.2 Å². The molecule has 1 aliphatic rings. The molecule has 0 saturated carbocycles. The number of nitrogens with one attached hydrogen (secondary N) is 2. The summed E-state index contributed by atoms with van der Waals surface area (Å²) < 4.78 is 14.8. The number of alkyl carbamates (subject to hydrolysis) is 2. The van der Waals surface area contributed by atoms with E-state index in [1.807, 2.05) is 13.8 Å². The van der Waals surface area contributed by atoms with Crippen molar-refractivity contribution in [2.75, 3.05) is 19.7 Å². The van der Waals surface area contributed by atoms with Gasteiger partial charge in [-0.25, -0.2) is 14.4 Å². The molecular weight excluding hydrogens is 348 g/mol. The lowest BCUT2D eigenvalue weighted by molar-refractivity contribution is -0.147. The second kappa shape index (κ2) is 11.1. The van der Waals surface area contributed by atoms with Gasteiger partial charge in [0, 0.05) is 13.1 Å². The Morgan fingerprint density at radius 1 is 1.12 bits per heavy atom. The summed E-state index contributed by atoms with van der Waals surface area (Å²) in [5.74, 6) is -2.90. The molecule has 148 valence electrons. The van der Waals surface area contributed by atoms with Crippen LogP contribution in [0.15, 0.2) is 11.5 Å². The molecule has 0 aliphatic carbocycles. The third-order valence-corrected chi connectivity index (χ3v) is 3.51. The zero-order chi connectivity index (χ0) is 19.5. The van der Waals surface area contributed by atoms with E-state index in [1.54, 1.807) is 0 Å². The molecule has 0 bridgehead atoms. The second-order valence-electron chi connectivity index (χ2n) is 5.66. The molecule has 0 radical (unpaired) electrons. The standard InChI is InChI=1S/C16H26N2O8/c1-3-5-7-17-15(22)24-9-10(25-16(23)18-8-6-4-2)13-11(19)12(20)14(21)26-13/h10,13,19-20H,3-9H2,1-2H3,(H,17,22)(H,18,23). The predicted molar refractivity (Wildman–Crippen MR) is 89.6 cm³/mol. The maximum Gasteiger partial charge on any atom is 0.407 e. The summed E-state index contributed by atoms with van der Waals surface area (Å²) in [6, 6.07) is 0. The van der Waals surface area contributed by atoms with Crippen LogP contribution in [0.3, 0.4) is 0 Å². The molecule has 2 atom stereocenters. The van der Waals surface area contributed by atoms with Gasteiger partial charge in [0.25, 0.3) is 0 Å². The quantitative estimate of drug-likeness (QED) is 0.257. The van der Waals surface area contributed by atoms with Crippen LogP contribution in [0.4, 0.5) is 9.59 Å². The number of carbonyl (C=O) groups is 3. The summed E-state index contributed by atoms with van der Waals surface area (Å²) in [5, 5.41) is 24.2. The van der Waals surface area contributed by atoms with Gasteiger partial charge in [0.05, 0.1) is 0 Å². The van der Waals surface area contributed by atoms with Crippen molar-refractivity contribution in [1.29, 1.82) is 0 Å². The number of aliphatic hydroxyl groups is 2. The first kappa shape index (κ1) is 21.4. The summed E-state index contributed by atoms with van der Waals surface area (Å²) in [6.45, 7) is 4.23. The van der Waals surface area contributed by atoms with E-state index in [2.05, 4.69) is 10.6 Å². The van der Waals surface area contributed by atoms with Crippen molar-refractivity contribution in [3.63, 3.8) is 0 Å². The minimum atomic E-state index is -1.46. The molecule has 0 saturated heterocycles. The van der Waals surface area contributed by atoms with E-state index in [0.29, 0.717) is 13.1 Å². The Hall–Kier alpha value is -2.65. The van der Waals surface area contributed by atoms with Gasteiger partial charge in [-0.05, 0) is 12.8 Å². The number of unbranched alkanes of at least 4 members (excludes halogenated alkanes) is 2. The third kappa shape index (κ3) is 6.69. The Bertz CT molecular complexity index is 534. The first-order chi connectivity index (χ1) is 12.4. The minimum absolute atomic E-state index is 0.373. The highest BCUT2D eigenvalue weighted by atomic mass is 16.6. The Kier molecular flexibility index (Phi) is 9.10. The second-order valence-corrected chi connectivity index (χ2v) is 5.66. The molecule has 10 nitrogen and oxygen atoms in total. The van der Waals surface area contributed by atoms with Crippen LogP contribution in [0.1, 0.15) is 39.5 Å². The topological polar surface area (TPSA) is 143 Å². The number of ether oxygens (including phenoxy) is 3. The molecule has 0 spiro atoms.